The first kappa shape index (κ1) is 13.6. The summed E-state index contributed by atoms with van der Waals surface area (Å²) >= 11 is 0. The van der Waals surface area contributed by atoms with Gasteiger partial charge in [0, 0.05) is 0 Å². The molecule has 100 valence electrons. The second-order valence-corrected chi connectivity index (χ2v) is 5.78. The minimum Gasteiger partial charge on any atom is -0.317 e. The molecule has 1 atom stereocenters. The van der Waals surface area contributed by atoms with E-state index in [4.69, 9.17) is 0 Å². The SMILES string of the molecule is CCC(C)c1ccc(CCC2CCNCC2)cc1. The maximum atomic E-state index is 3.44. The Hall–Kier alpha value is -0.820. The average molecular weight is 245 g/mol. The van der Waals surface area contributed by atoms with Crippen molar-refractivity contribution < 1.29 is 0 Å². The summed E-state index contributed by atoms with van der Waals surface area (Å²) in [6.45, 7) is 7.01. The van der Waals surface area contributed by atoms with Crippen molar-refractivity contribution >= 4 is 0 Å². The Labute approximate surface area is 112 Å². The number of hydrogen-bond acceptors (Lipinski definition) is 1. The first-order chi connectivity index (χ1) is 8.79. The van der Waals surface area contributed by atoms with Crippen LogP contribution < -0.4 is 5.32 Å². The van der Waals surface area contributed by atoms with Crippen LogP contribution >= 0.6 is 0 Å². The summed E-state index contributed by atoms with van der Waals surface area (Å²) in [5.41, 5.74) is 3.00. The molecule has 1 aliphatic rings. The van der Waals surface area contributed by atoms with Crippen molar-refractivity contribution in [1.82, 2.24) is 5.32 Å². The number of piperidine rings is 1. The molecule has 1 heterocycles. The van der Waals surface area contributed by atoms with Gasteiger partial charge in [-0.2, -0.15) is 0 Å². The molecule has 1 unspecified atom stereocenters. The molecule has 0 aromatic heterocycles. The van der Waals surface area contributed by atoms with Crippen LogP contribution in [0.1, 0.15) is 56.6 Å². The molecule has 0 saturated carbocycles. The van der Waals surface area contributed by atoms with Crippen molar-refractivity contribution in [3.63, 3.8) is 0 Å². The average Bonchev–Trinajstić information content (AvgIpc) is 2.46. The highest BCUT2D eigenvalue weighted by atomic mass is 14.9. The minimum atomic E-state index is 0.698. The Morgan fingerprint density at radius 3 is 2.44 bits per heavy atom. The fraction of sp³-hybridized carbons (Fsp3) is 0.647. The van der Waals surface area contributed by atoms with Gasteiger partial charge in [0.1, 0.15) is 0 Å². The Kier molecular flexibility index (Phi) is 5.25. The van der Waals surface area contributed by atoms with Gasteiger partial charge in [0.2, 0.25) is 0 Å². The van der Waals surface area contributed by atoms with E-state index in [1.165, 1.54) is 56.3 Å². The summed E-state index contributed by atoms with van der Waals surface area (Å²) in [5, 5.41) is 3.44. The molecule has 1 saturated heterocycles. The quantitative estimate of drug-likeness (QED) is 0.822. The van der Waals surface area contributed by atoms with Gasteiger partial charge in [-0.15, -0.1) is 0 Å². The topological polar surface area (TPSA) is 12.0 Å². The molecule has 0 amide bonds. The number of hydrogen-bond donors (Lipinski definition) is 1. The maximum absolute atomic E-state index is 3.44. The van der Waals surface area contributed by atoms with E-state index in [0.29, 0.717) is 5.92 Å². The molecule has 1 aliphatic heterocycles. The standard InChI is InChI=1S/C17H27N/c1-3-14(2)17-8-6-15(7-9-17)4-5-16-10-12-18-13-11-16/h6-9,14,16,18H,3-5,10-13H2,1-2H3. The summed E-state index contributed by atoms with van der Waals surface area (Å²) in [7, 11) is 0. The van der Waals surface area contributed by atoms with E-state index in [-0.39, 0.29) is 0 Å². The van der Waals surface area contributed by atoms with Crippen LogP contribution in [-0.2, 0) is 6.42 Å². The van der Waals surface area contributed by atoms with Crippen LogP contribution in [0.2, 0.25) is 0 Å². The highest BCUT2D eigenvalue weighted by Gasteiger charge is 2.12. The van der Waals surface area contributed by atoms with Crippen molar-refractivity contribution in [2.24, 2.45) is 5.92 Å². The van der Waals surface area contributed by atoms with E-state index < -0.39 is 0 Å². The van der Waals surface area contributed by atoms with E-state index in [1.807, 2.05) is 0 Å². The van der Waals surface area contributed by atoms with Crippen LogP contribution in [0.4, 0.5) is 0 Å². The summed E-state index contributed by atoms with van der Waals surface area (Å²) in [6, 6.07) is 9.32. The van der Waals surface area contributed by atoms with Gasteiger partial charge in [0.05, 0.1) is 0 Å². The summed E-state index contributed by atoms with van der Waals surface area (Å²) in [5.74, 6) is 1.64. The smallest absolute Gasteiger partial charge is 0.00463 e. The van der Waals surface area contributed by atoms with Gasteiger partial charge in [-0.25, -0.2) is 0 Å². The van der Waals surface area contributed by atoms with Gasteiger partial charge >= 0.3 is 0 Å². The molecule has 0 spiro atoms. The lowest BCUT2D eigenvalue weighted by atomic mass is 9.90. The molecule has 1 aromatic rings. The monoisotopic (exact) mass is 245 g/mol. The van der Waals surface area contributed by atoms with E-state index in [9.17, 15) is 0 Å². The summed E-state index contributed by atoms with van der Waals surface area (Å²) in [4.78, 5) is 0. The molecule has 1 aromatic carbocycles. The van der Waals surface area contributed by atoms with E-state index >= 15 is 0 Å². The van der Waals surface area contributed by atoms with Crippen molar-refractivity contribution in [2.75, 3.05) is 13.1 Å². The van der Waals surface area contributed by atoms with Gasteiger partial charge in [0.25, 0.3) is 0 Å². The Morgan fingerprint density at radius 1 is 1.17 bits per heavy atom. The number of benzene rings is 1. The zero-order chi connectivity index (χ0) is 12.8. The fourth-order valence-electron chi connectivity index (χ4n) is 2.79. The van der Waals surface area contributed by atoms with Crippen molar-refractivity contribution in [2.45, 2.75) is 51.9 Å². The molecule has 1 heteroatoms. The highest BCUT2D eigenvalue weighted by molar-refractivity contribution is 5.25. The second kappa shape index (κ2) is 6.94. The number of nitrogens with one attached hydrogen (secondary N) is 1. The van der Waals surface area contributed by atoms with Gasteiger partial charge in [-0.05, 0) is 68.2 Å². The molecule has 1 nitrogen and oxygen atoms in total. The Balaban J connectivity index is 1.82. The molecule has 1 fully saturated rings. The first-order valence-corrected chi connectivity index (χ1v) is 7.59. The lowest BCUT2D eigenvalue weighted by Gasteiger charge is -2.22. The Morgan fingerprint density at radius 2 is 1.83 bits per heavy atom. The van der Waals surface area contributed by atoms with E-state index in [0.717, 1.165) is 5.92 Å². The van der Waals surface area contributed by atoms with Crippen molar-refractivity contribution in [1.29, 1.82) is 0 Å². The number of rotatable bonds is 5. The van der Waals surface area contributed by atoms with E-state index in [2.05, 4.69) is 43.4 Å². The van der Waals surface area contributed by atoms with Gasteiger partial charge in [-0.3, -0.25) is 0 Å². The molecule has 18 heavy (non-hydrogen) atoms. The minimum absolute atomic E-state index is 0.698. The predicted octanol–water partition coefficient (Wildman–Crippen LogP) is 4.13. The first-order valence-electron chi connectivity index (χ1n) is 7.59. The molecule has 0 aliphatic carbocycles. The molecular formula is C17H27N. The van der Waals surface area contributed by atoms with Crippen LogP contribution in [0.25, 0.3) is 0 Å². The molecular weight excluding hydrogens is 218 g/mol. The normalized spacial score (nSPS) is 18.8. The van der Waals surface area contributed by atoms with Gasteiger partial charge in [0.15, 0.2) is 0 Å². The van der Waals surface area contributed by atoms with Crippen LogP contribution in [0.5, 0.6) is 0 Å². The molecule has 2 rings (SSSR count). The van der Waals surface area contributed by atoms with Crippen LogP contribution in [-0.4, -0.2) is 13.1 Å². The summed E-state index contributed by atoms with van der Waals surface area (Å²) < 4.78 is 0. The lowest BCUT2D eigenvalue weighted by molar-refractivity contribution is 0.354. The largest absolute Gasteiger partial charge is 0.317 e. The highest BCUT2D eigenvalue weighted by Crippen LogP contribution is 2.21. The Bertz CT molecular complexity index is 335. The van der Waals surface area contributed by atoms with Gasteiger partial charge < -0.3 is 5.32 Å². The molecule has 0 radical (unpaired) electrons. The zero-order valence-corrected chi connectivity index (χ0v) is 11.9. The number of aryl methyl sites for hydroxylation is 1. The third kappa shape index (κ3) is 3.84. The van der Waals surface area contributed by atoms with Crippen molar-refractivity contribution in [3.8, 4) is 0 Å². The van der Waals surface area contributed by atoms with Crippen LogP contribution in [0, 0.1) is 5.92 Å². The van der Waals surface area contributed by atoms with Gasteiger partial charge in [-0.1, -0.05) is 38.1 Å². The van der Waals surface area contributed by atoms with Crippen molar-refractivity contribution in [3.05, 3.63) is 35.4 Å². The second-order valence-electron chi connectivity index (χ2n) is 5.78. The maximum Gasteiger partial charge on any atom is -0.00463 e. The fourth-order valence-corrected chi connectivity index (χ4v) is 2.79. The zero-order valence-electron chi connectivity index (χ0n) is 11.9. The predicted molar refractivity (Wildman–Crippen MR) is 79.1 cm³/mol. The summed E-state index contributed by atoms with van der Waals surface area (Å²) in [6.07, 6.45) is 6.58. The molecule has 1 N–H and O–H groups in total. The third-order valence-electron chi connectivity index (χ3n) is 4.46. The van der Waals surface area contributed by atoms with E-state index in [1.54, 1.807) is 0 Å². The lowest BCUT2D eigenvalue weighted by Crippen LogP contribution is -2.27. The third-order valence-corrected chi connectivity index (χ3v) is 4.46. The van der Waals surface area contributed by atoms with Crippen LogP contribution in [0.15, 0.2) is 24.3 Å². The van der Waals surface area contributed by atoms with Crippen LogP contribution in [0.3, 0.4) is 0 Å². The molecule has 0 bridgehead atoms.